The third kappa shape index (κ3) is 3.78. The summed E-state index contributed by atoms with van der Waals surface area (Å²) in [5.41, 5.74) is 0. The van der Waals surface area contributed by atoms with E-state index in [1.165, 1.54) is 0 Å². The molecule has 2 rings (SSSR count). The van der Waals surface area contributed by atoms with E-state index < -0.39 is 0 Å². The zero-order valence-corrected chi connectivity index (χ0v) is 10.9. The predicted octanol–water partition coefficient (Wildman–Crippen LogP) is 1.19. The van der Waals surface area contributed by atoms with E-state index in [0.29, 0.717) is 12.6 Å². The summed E-state index contributed by atoms with van der Waals surface area (Å²) in [5.74, 6) is 0.387. The molecule has 94 valence electrons. The second kappa shape index (κ2) is 6.12. The van der Waals surface area contributed by atoms with Crippen LogP contribution in [0.1, 0.15) is 24.8 Å². The summed E-state index contributed by atoms with van der Waals surface area (Å²) >= 11 is 1.64. The number of nitrogens with zero attached hydrogens (tertiary/aromatic N) is 1. The summed E-state index contributed by atoms with van der Waals surface area (Å²) in [5, 5.41) is 9.42. The first-order valence-corrected chi connectivity index (χ1v) is 7.03. The second-order valence-electron chi connectivity index (χ2n) is 4.54. The Morgan fingerprint density at radius 3 is 3.29 bits per heavy atom. The monoisotopic (exact) mass is 253 g/mol. The van der Waals surface area contributed by atoms with E-state index in [-0.39, 0.29) is 11.8 Å². The molecule has 2 unspecified atom stereocenters. The maximum absolute atomic E-state index is 11.9. The maximum Gasteiger partial charge on any atom is 0.223 e. The number of amides is 1. The van der Waals surface area contributed by atoms with E-state index in [1.54, 1.807) is 17.5 Å². The summed E-state index contributed by atoms with van der Waals surface area (Å²) in [6.45, 7) is 3.78. The Morgan fingerprint density at radius 2 is 2.59 bits per heavy atom. The topological polar surface area (TPSA) is 54.0 Å². The fourth-order valence-electron chi connectivity index (χ4n) is 2.18. The van der Waals surface area contributed by atoms with Crippen molar-refractivity contribution in [1.82, 2.24) is 15.6 Å². The van der Waals surface area contributed by atoms with Gasteiger partial charge in [-0.25, -0.2) is 4.98 Å². The molecule has 1 fully saturated rings. The van der Waals surface area contributed by atoms with Gasteiger partial charge in [0.15, 0.2) is 0 Å². The molecule has 1 saturated heterocycles. The average molecular weight is 253 g/mol. The lowest BCUT2D eigenvalue weighted by atomic mass is 9.92. The summed E-state index contributed by atoms with van der Waals surface area (Å²) in [7, 11) is 0. The van der Waals surface area contributed by atoms with Crippen LogP contribution >= 0.6 is 11.3 Å². The first-order valence-electron chi connectivity index (χ1n) is 6.15. The molecule has 0 spiro atoms. The van der Waals surface area contributed by atoms with Crippen molar-refractivity contribution >= 4 is 17.2 Å². The number of thiazole rings is 1. The molecule has 1 aliphatic rings. The highest BCUT2D eigenvalue weighted by Crippen LogP contribution is 2.15. The molecule has 1 aliphatic heterocycles. The molecule has 0 saturated carbocycles. The van der Waals surface area contributed by atoms with Gasteiger partial charge in [0.25, 0.3) is 0 Å². The summed E-state index contributed by atoms with van der Waals surface area (Å²) in [4.78, 5) is 16.1. The molecule has 2 atom stereocenters. The van der Waals surface area contributed by atoms with Crippen molar-refractivity contribution in [2.45, 2.75) is 32.2 Å². The van der Waals surface area contributed by atoms with Crippen LogP contribution in [0.4, 0.5) is 0 Å². The predicted molar refractivity (Wildman–Crippen MR) is 69.0 cm³/mol. The molecule has 4 nitrogen and oxygen atoms in total. The molecule has 1 amide bonds. The van der Waals surface area contributed by atoms with E-state index >= 15 is 0 Å². The Balaban J connectivity index is 1.70. The number of rotatable bonds is 4. The van der Waals surface area contributed by atoms with Crippen LogP contribution in [-0.2, 0) is 11.2 Å². The number of carbonyl (C=O) groups is 1. The normalized spacial score (nSPS) is 24.5. The second-order valence-corrected chi connectivity index (χ2v) is 5.52. The van der Waals surface area contributed by atoms with Crippen molar-refractivity contribution in [3.05, 3.63) is 16.6 Å². The van der Waals surface area contributed by atoms with Crippen LogP contribution < -0.4 is 10.6 Å². The van der Waals surface area contributed by atoms with Crippen molar-refractivity contribution in [3.63, 3.8) is 0 Å². The highest BCUT2D eigenvalue weighted by Gasteiger charge is 2.24. The van der Waals surface area contributed by atoms with Gasteiger partial charge < -0.3 is 10.6 Å². The van der Waals surface area contributed by atoms with Gasteiger partial charge in [0.05, 0.1) is 5.01 Å². The van der Waals surface area contributed by atoms with Gasteiger partial charge >= 0.3 is 0 Å². The largest absolute Gasteiger partial charge is 0.355 e. The summed E-state index contributed by atoms with van der Waals surface area (Å²) in [6.07, 6.45) is 4.54. The molecule has 0 radical (unpaired) electrons. The molecule has 0 aliphatic carbocycles. The fourth-order valence-corrected chi connectivity index (χ4v) is 2.80. The standard InChI is InChI=1S/C12H19N3OS/c1-9-8-10(2-4-13-9)12(16)15-5-3-11-14-6-7-17-11/h6-7,9-10,13H,2-5,8H2,1H3,(H,15,16). The van der Waals surface area contributed by atoms with Gasteiger partial charge in [-0.15, -0.1) is 11.3 Å². The molecular formula is C12H19N3OS. The van der Waals surface area contributed by atoms with Crippen LogP contribution in [0.3, 0.4) is 0 Å². The van der Waals surface area contributed by atoms with Crippen LogP contribution in [0.2, 0.25) is 0 Å². The molecule has 17 heavy (non-hydrogen) atoms. The quantitative estimate of drug-likeness (QED) is 0.847. The maximum atomic E-state index is 11.9. The molecule has 1 aromatic rings. The van der Waals surface area contributed by atoms with Crippen molar-refractivity contribution in [1.29, 1.82) is 0 Å². The molecule has 0 bridgehead atoms. The third-order valence-corrected chi connectivity index (χ3v) is 3.96. The Bertz CT molecular complexity index is 353. The van der Waals surface area contributed by atoms with Gasteiger partial charge in [-0.3, -0.25) is 4.79 Å². The van der Waals surface area contributed by atoms with Crippen LogP contribution in [0, 0.1) is 5.92 Å². The first-order chi connectivity index (χ1) is 8.25. The Morgan fingerprint density at radius 1 is 1.71 bits per heavy atom. The van der Waals surface area contributed by atoms with Crippen LogP contribution in [0.5, 0.6) is 0 Å². The number of piperidine rings is 1. The molecular weight excluding hydrogens is 234 g/mol. The Labute approximate surface area is 106 Å². The first kappa shape index (κ1) is 12.5. The minimum atomic E-state index is 0.183. The van der Waals surface area contributed by atoms with Gasteiger partial charge in [0.1, 0.15) is 0 Å². The minimum Gasteiger partial charge on any atom is -0.355 e. The lowest BCUT2D eigenvalue weighted by Gasteiger charge is -2.27. The summed E-state index contributed by atoms with van der Waals surface area (Å²) < 4.78 is 0. The number of hydrogen-bond acceptors (Lipinski definition) is 4. The van der Waals surface area contributed by atoms with E-state index in [4.69, 9.17) is 0 Å². The van der Waals surface area contributed by atoms with Gasteiger partial charge in [0.2, 0.25) is 5.91 Å². The van der Waals surface area contributed by atoms with Gasteiger partial charge in [-0.2, -0.15) is 0 Å². The zero-order valence-electron chi connectivity index (χ0n) is 10.1. The van der Waals surface area contributed by atoms with Crippen molar-refractivity contribution < 1.29 is 4.79 Å². The van der Waals surface area contributed by atoms with Gasteiger partial charge in [0, 0.05) is 36.5 Å². The van der Waals surface area contributed by atoms with Crippen molar-refractivity contribution in [2.24, 2.45) is 5.92 Å². The van der Waals surface area contributed by atoms with E-state index in [1.807, 2.05) is 5.38 Å². The fraction of sp³-hybridized carbons (Fsp3) is 0.667. The smallest absolute Gasteiger partial charge is 0.223 e. The molecule has 1 aromatic heterocycles. The number of hydrogen-bond donors (Lipinski definition) is 2. The van der Waals surface area contributed by atoms with Crippen LogP contribution in [-0.4, -0.2) is 30.0 Å². The van der Waals surface area contributed by atoms with E-state index in [0.717, 1.165) is 30.8 Å². The molecule has 2 N–H and O–H groups in total. The lowest BCUT2D eigenvalue weighted by molar-refractivity contribution is -0.126. The number of carbonyl (C=O) groups excluding carboxylic acids is 1. The van der Waals surface area contributed by atoms with Crippen molar-refractivity contribution in [3.8, 4) is 0 Å². The Kier molecular flexibility index (Phi) is 4.50. The van der Waals surface area contributed by atoms with Crippen LogP contribution in [0.15, 0.2) is 11.6 Å². The highest BCUT2D eigenvalue weighted by atomic mass is 32.1. The average Bonchev–Trinajstić information content (AvgIpc) is 2.82. The Hall–Kier alpha value is -0.940. The summed E-state index contributed by atoms with van der Waals surface area (Å²) in [6, 6.07) is 0.457. The third-order valence-electron chi connectivity index (χ3n) is 3.12. The van der Waals surface area contributed by atoms with E-state index in [2.05, 4.69) is 22.5 Å². The SMILES string of the molecule is CC1CC(C(=O)NCCc2nccs2)CCN1. The zero-order chi connectivity index (χ0) is 12.1. The molecule has 5 heteroatoms. The molecule has 0 aromatic carbocycles. The van der Waals surface area contributed by atoms with Gasteiger partial charge in [-0.05, 0) is 26.3 Å². The number of aromatic nitrogens is 1. The minimum absolute atomic E-state index is 0.183. The van der Waals surface area contributed by atoms with Crippen molar-refractivity contribution in [2.75, 3.05) is 13.1 Å². The van der Waals surface area contributed by atoms with Gasteiger partial charge in [-0.1, -0.05) is 0 Å². The molecule has 2 heterocycles. The number of nitrogens with one attached hydrogen (secondary N) is 2. The lowest BCUT2D eigenvalue weighted by Crippen LogP contribution is -2.42. The van der Waals surface area contributed by atoms with Crippen LogP contribution in [0.25, 0.3) is 0 Å². The van der Waals surface area contributed by atoms with E-state index in [9.17, 15) is 4.79 Å². The highest BCUT2D eigenvalue weighted by molar-refractivity contribution is 7.09.